The van der Waals surface area contributed by atoms with Crippen molar-refractivity contribution in [2.75, 3.05) is 26.0 Å². The highest BCUT2D eigenvalue weighted by atomic mass is 35.5. The second-order valence-electron chi connectivity index (χ2n) is 5.42. The highest BCUT2D eigenvalue weighted by molar-refractivity contribution is 7.99. The maximum atomic E-state index is 5.71. The molecular formula is C16H23ClN4O2S. The van der Waals surface area contributed by atoms with Crippen LogP contribution >= 0.6 is 24.2 Å². The lowest BCUT2D eigenvalue weighted by Gasteiger charge is -2.12. The van der Waals surface area contributed by atoms with E-state index >= 15 is 0 Å². The van der Waals surface area contributed by atoms with Gasteiger partial charge in [-0.3, -0.25) is 4.57 Å². The second kappa shape index (κ2) is 9.27. The van der Waals surface area contributed by atoms with Crippen molar-refractivity contribution < 1.29 is 9.47 Å². The highest BCUT2D eigenvalue weighted by Gasteiger charge is 2.19. The molecule has 8 heteroatoms. The number of aromatic nitrogens is 3. The average molecular weight is 371 g/mol. The van der Waals surface area contributed by atoms with E-state index in [-0.39, 0.29) is 12.4 Å². The molecule has 1 unspecified atom stereocenters. The van der Waals surface area contributed by atoms with Crippen LogP contribution in [0.4, 0.5) is 0 Å². The number of benzene rings is 1. The fourth-order valence-electron chi connectivity index (χ4n) is 2.62. The maximum absolute atomic E-state index is 5.71. The van der Waals surface area contributed by atoms with Crippen LogP contribution in [0.5, 0.6) is 5.75 Å². The van der Waals surface area contributed by atoms with Crippen LogP contribution in [0.3, 0.4) is 0 Å². The van der Waals surface area contributed by atoms with E-state index in [0.717, 1.165) is 47.6 Å². The molecule has 2 N–H and O–H groups in total. The lowest BCUT2D eigenvalue weighted by atomic mass is 10.3. The van der Waals surface area contributed by atoms with Crippen molar-refractivity contribution in [2.24, 2.45) is 5.73 Å². The number of nitrogens with two attached hydrogens (primary N) is 1. The molecule has 1 aliphatic rings. The fraction of sp³-hybridized carbons (Fsp3) is 0.500. The molecule has 2 aromatic rings. The van der Waals surface area contributed by atoms with Gasteiger partial charge in [0.2, 0.25) is 0 Å². The molecule has 3 rings (SSSR count). The third kappa shape index (κ3) is 4.42. The molecule has 132 valence electrons. The van der Waals surface area contributed by atoms with E-state index in [1.165, 1.54) is 0 Å². The Hall–Kier alpha value is -1.28. The predicted octanol–water partition coefficient (Wildman–Crippen LogP) is 2.47. The summed E-state index contributed by atoms with van der Waals surface area (Å²) >= 11 is 1.69. The first kappa shape index (κ1) is 19.1. The zero-order chi connectivity index (χ0) is 16.1. The summed E-state index contributed by atoms with van der Waals surface area (Å²) in [7, 11) is 1.66. The van der Waals surface area contributed by atoms with Gasteiger partial charge < -0.3 is 15.2 Å². The Bertz CT molecular complexity index is 630. The third-order valence-electron chi connectivity index (χ3n) is 3.82. The summed E-state index contributed by atoms with van der Waals surface area (Å²) in [5.74, 6) is 2.61. The molecule has 0 bridgehead atoms. The van der Waals surface area contributed by atoms with Crippen LogP contribution in [0, 0.1) is 0 Å². The first-order valence-electron chi connectivity index (χ1n) is 7.85. The van der Waals surface area contributed by atoms with Gasteiger partial charge in [0.15, 0.2) is 5.16 Å². The Kier molecular flexibility index (Phi) is 7.36. The molecular weight excluding hydrogens is 348 g/mol. The normalized spacial score (nSPS) is 16.8. The number of rotatable bonds is 7. The summed E-state index contributed by atoms with van der Waals surface area (Å²) in [6.45, 7) is 1.42. The van der Waals surface area contributed by atoms with Gasteiger partial charge in [0.25, 0.3) is 0 Å². The Morgan fingerprint density at radius 2 is 2.12 bits per heavy atom. The van der Waals surface area contributed by atoms with Gasteiger partial charge >= 0.3 is 0 Å². The Labute approximate surface area is 152 Å². The molecule has 0 spiro atoms. The van der Waals surface area contributed by atoms with Crippen molar-refractivity contribution >= 4 is 24.2 Å². The van der Waals surface area contributed by atoms with E-state index in [0.29, 0.717) is 19.1 Å². The molecule has 1 aromatic heterocycles. The minimum Gasteiger partial charge on any atom is -0.497 e. The molecule has 0 saturated carbocycles. The van der Waals surface area contributed by atoms with E-state index in [9.17, 15) is 0 Å². The lowest BCUT2D eigenvalue weighted by molar-refractivity contribution is 0.129. The summed E-state index contributed by atoms with van der Waals surface area (Å²) in [5, 5.41) is 9.54. The summed E-state index contributed by atoms with van der Waals surface area (Å²) in [6, 6.07) is 7.91. The van der Waals surface area contributed by atoms with E-state index in [2.05, 4.69) is 14.8 Å². The van der Waals surface area contributed by atoms with E-state index in [1.54, 1.807) is 18.9 Å². The molecule has 1 aromatic carbocycles. The van der Waals surface area contributed by atoms with Crippen molar-refractivity contribution in [1.29, 1.82) is 0 Å². The van der Waals surface area contributed by atoms with Crippen LogP contribution < -0.4 is 10.5 Å². The van der Waals surface area contributed by atoms with E-state index in [4.69, 9.17) is 15.2 Å². The van der Waals surface area contributed by atoms with Gasteiger partial charge in [-0.15, -0.1) is 22.6 Å². The largest absolute Gasteiger partial charge is 0.497 e. The summed E-state index contributed by atoms with van der Waals surface area (Å²) in [6.07, 6.45) is 3.28. The Morgan fingerprint density at radius 3 is 2.75 bits per heavy atom. The fourth-order valence-corrected chi connectivity index (χ4v) is 3.65. The van der Waals surface area contributed by atoms with E-state index < -0.39 is 0 Å². The van der Waals surface area contributed by atoms with Gasteiger partial charge in [0, 0.05) is 24.5 Å². The number of halogens is 1. The molecule has 1 atom stereocenters. The van der Waals surface area contributed by atoms with Crippen LogP contribution in [-0.4, -0.2) is 46.9 Å². The summed E-state index contributed by atoms with van der Waals surface area (Å²) in [4.78, 5) is 0. The van der Waals surface area contributed by atoms with Crippen LogP contribution in [0.15, 0.2) is 29.4 Å². The van der Waals surface area contributed by atoms with Crippen molar-refractivity contribution in [3.8, 4) is 11.4 Å². The molecule has 6 nitrogen and oxygen atoms in total. The van der Waals surface area contributed by atoms with Crippen molar-refractivity contribution in [3.05, 3.63) is 30.1 Å². The first-order valence-corrected chi connectivity index (χ1v) is 8.83. The van der Waals surface area contributed by atoms with Crippen molar-refractivity contribution in [2.45, 2.75) is 30.5 Å². The number of ether oxygens (including phenoxy) is 2. The average Bonchev–Trinajstić information content (AvgIpc) is 3.23. The number of thioether (sulfide) groups is 1. The zero-order valence-electron chi connectivity index (χ0n) is 13.7. The molecule has 1 saturated heterocycles. The maximum Gasteiger partial charge on any atom is 0.195 e. The van der Waals surface area contributed by atoms with Crippen LogP contribution in [-0.2, 0) is 11.2 Å². The van der Waals surface area contributed by atoms with Gasteiger partial charge in [-0.2, -0.15) is 0 Å². The molecule has 0 radical (unpaired) electrons. The number of methoxy groups -OCH3 is 1. The standard InChI is InChI=1S/C16H22N4O2S.ClH/c1-21-13-6-4-12(5-7-13)20-15(8-9-17)18-19-16(20)23-11-14-3-2-10-22-14;/h4-7,14H,2-3,8-11,17H2,1H3;1H. The summed E-state index contributed by atoms with van der Waals surface area (Å²) in [5.41, 5.74) is 6.73. The summed E-state index contributed by atoms with van der Waals surface area (Å²) < 4.78 is 13.0. The van der Waals surface area contributed by atoms with Crippen LogP contribution in [0.2, 0.25) is 0 Å². The second-order valence-corrected chi connectivity index (χ2v) is 6.40. The van der Waals surface area contributed by atoms with Gasteiger partial charge in [-0.1, -0.05) is 11.8 Å². The molecule has 1 fully saturated rings. The van der Waals surface area contributed by atoms with Gasteiger partial charge in [-0.05, 0) is 43.7 Å². The zero-order valence-corrected chi connectivity index (χ0v) is 15.3. The Balaban J connectivity index is 0.00000208. The minimum atomic E-state index is 0. The minimum absolute atomic E-state index is 0. The third-order valence-corrected chi connectivity index (χ3v) is 4.88. The number of hydrogen-bond donors (Lipinski definition) is 1. The smallest absolute Gasteiger partial charge is 0.195 e. The van der Waals surface area contributed by atoms with Crippen molar-refractivity contribution in [3.63, 3.8) is 0 Å². The molecule has 2 heterocycles. The lowest BCUT2D eigenvalue weighted by Crippen LogP contribution is -2.11. The topological polar surface area (TPSA) is 75.2 Å². The van der Waals surface area contributed by atoms with Gasteiger partial charge in [-0.25, -0.2) is 0 Å². The quantitative estimate of drug-likeness (QED) is 0.754. The number of hydrogen-bond acceptors (Lipinski definition) is 6. The van der Waals surface area contributed by atoms with Gasteiger partial charge in [0.05, 0.1) is 13.2 Å². The van der Waals surface area contributed by atoms with Crippen LogP contribution in [0.1, 0.15) is 18.7 Å². The Morgan fingerprint density at radius 1 is 1.33 bits per heavy atom. The van der Waals surface area contributed by atoms with Crippen LogP contribution in [0.25, 0.3) is 5.69 Å². The predicted molar refractivity (Wildman–Crippen MR) is 97.6 cm³/mol. The SMILES string of the molecule is COc1ccc(-n2c(CCN)nnc2SCC2CCCO2)cc1.Cl. The van der Waals surface area contributed by atoms with E-state index in [1.807, 2.05) is 24.3 Å². The number of nitrogens with zero attached hydrogens (tertiary/aromatic N) is 3. The first-order chi connectivity index (χ1) is 11.3. The van der Waals surface area contributed by atoms with Gasteiger partial charge in [0.1, 0.15) is 11.6 Å². The molecule has 24 heavy (non-hydrogen) atoms. The monoisotopic (exact) mass is 370 g/mol. The molecule has 0 amide bonds. The van der Waals surface area contributed by atoms with Crippen molar-refractivity contribution in [1.82, 2.24) is 14.8 Å². The molecule has 1 aliphatic heterocycles. The highest BCUT2D eigenvalue weighted by Crippen LogP contribution is 2.26. The molecule has 0 aliphatic carbocycles.